The van der Waals surface area contributed by atoms with Crippen LogP contribution in [0.5, 0.6) is 11.5 Å². The molecule has 0 N–H and O–H groups in total. The van der Waals surface area contributed by atoms with Gasteiger partial charge in [0.15, 0.2) is 11.5 Å². The molecule has 0 bridgehead atoms. The lowest BCUT2D eigenvalue weighted by Crippen LogP contribution is -2.02. The fourth-order valence-electron chi connectivity index (χ4n) is 2.19. The van der Waals surface area contributed by atoms with Crippen LogP contribution < -0.4 is 9.47 Å². The van der Waals surface area contributed by atoms with Crippen molar-refractivity contribution in [3.05, 3.63) is 27.8 Å². The van der Waals surface area contributed by atoms with Crippen molar-refractivity contribution in [1.29, 1.82) is 0 Å². The average Bonchev–Trinajstić information content (AvgIpc) is 2.53. The highest BCUT2D eigenvalue weighted by molar-refractivity contribution is 5.54. The first-order valence-electron chi connectivity index (χ1n) is 7.61. The molecule has 1 aromatic rings. The van der Waals surface area contributed by atoms with E-state index >= 15 is 0 Å². The van der Waals surface area contributed by atoms with E-state index < -0.39 is 4.92 Å². The van der Waals surface area contributed by atoms with E-state index in [1.54, 1.807) is 6.07 Å². The summed E-state index contributed by atoms with van der Waals surface area (Å²) in [6.07, 6.45) is 5.75. The van der Waals surface area contributed by atoms with Gasteiger partial charge in [-0.2, -0.15) is 0 Å². The van der Waals surface area contributed by atoms with Crippen LogP contribution in [-0.2, 0) is 11.3 Å². The molecule has 0 saturated heterocycles. The Morgan fingerprint density at radius 3 is 2.27 bits per heavy atom. The smallest absolute Gasteiger partial charge is 0.278 e. The lowest BCUT2D eigenvalue weighted by molar-refractivity contribution is -0.386. The second-order valence-corrected chi connectivity index (χ2v) is 5.06. The predicted octanol–water partition coefficient (Wildman–Crippen LogP) is 4.10. The molecule has 1 aromatic carbocycles. The van der Waals surface area contributed by atoms with Crippen LogP contribution in [0.2, 0.25) is 0 Å². The number of hydrogen-bond donors (Lipinski definition) is 0. The fourth-order valence-corrected chi connectivity index (χ4v) is 2.19. The molecule has 0 heterocycles. The van der Waals surface area contributed by atoms with Gasteiger partial charge in [0.1, 0.15) is 0 Å². The van der Waals surface area contributed by atoms with Crippen LogP contribution in [0.4, 0.5) is 5.69 Å². The minimum Gasteiger partial charge on any atom is -0.493 e. The first-order valence-corrected chi connectivity index (χ1v) is 7.61. The molecule has 0 aliphatic carbocycles. The standard InChI is InChI=1S/C16H25NO5/c1-4-5-6-7-8-9-22-12-13-10-15(20-2)16(21-3)11-14(13)17(18)19/h10-11H,4-9,12H2,1-3H3. The minimum absolute atomic E-state index is 0.0105. The number of nitro groups is 1. The van der Waals surface area contributed by atoms with Crippen molar-refractivity contribution in [3.8, 4) is 11.5 Å². The van der Waals surface area contributed by atoms with Gasteiger partial charge in [-0.1, -0.05) is 32.6 Å². The molecule has 0 radical (unpaired) electrons. The summed E-state index contributed by atoms with van der Waals surface area (Å²) < 4.78 is 15.8. The number of unbranched alkanes of at least 4 members (excludes halogenated alkanes) is 4. The molecule has 124 valence electrons. The molecule has 0 saturated carbocycles. The number of ether oxygens (including phenoxy) is 3. The van der Waals surface area contributed by atoms with Crippen molar-refractivity contribution in [2.45, 2.75) is 45.6 Å². The van der Waals surface area contributed by atoms with E-state index in [4.69, 9.17) is 14.2 Å². The average molecular weight is 311 g/mol. The molecule has 0 aromatic heterocycles. The van der Waals surface area contributed by atoms with Crippen molar-refractivity contribution >= 4 is 5.69 Å². The van der Waals surface area contributed by atoms with Crippen LogP contribution in [0.15, 0.2) is 12.1 Å². The first kappa shape index (κ1) is 18.2. The maximum absolute atomic E-state index is 11.2. The van der Waals surface area contributed by atoms with Crippen molar-refractivity contribution < 1.29 is 19.1 Å². The number of methoxy groups -OCH3 is 2. The maximum atomic E-state index is 11.2. The molecule has 0 atom stereocenters. The Labute approximate surface area is 131 Å². The Bertz CT molecular complexity index is 476. The predicted molar refractivity (Wildman–Crippen MR) is 84.6 cm³/mol. The summed E-state index contributed by atoms with van der Waals surface area (Å²) in [6.45, 7) is 2.98. The van der Waals surface area contributed by atoms with Crippen molar-refractivity contribution in [1.82, 2.24) is 0 Å². The van der Waals surface area contributed by atoms with Crippen LogP contribution in [0, 0.1) is 10.1 Å². The third-order valence-electron chi connectivity index (χ3n) is 3.43. The van der Waals surface area contributed by atoms with Gasteiger partial charge >= 0.3 is 0 Å². The zero-order chi connectivity index (χ0) is 16.4. The van der Waals surface area contributed by atoms with E-state index in [1.165, 1.54) is 39.5 Å². The number of nitro benzene ring substituents is 1. The number of hydrogen-bond acceptors (Lipinski definition) is 5. The second kappa shape index (κ2) is 10.00. The fraction of sp³-hybridized carbons (Fsp3) is 0.625. The largest absolute Gasteiger partial charge is 0.493 e. The molecule has 0 aliphatic heterocycles. The van der Waals surface area contributed by atoms with E-state index in [1.807, 2.05) is 0 Å². The first-order chi connectivity index (χ1) is 10.6. The zero-order valence-corrected chi connectivity index (χ0v) is 13.6. The summed E-state index contributed by atoms with van der Waals surface area (Å²) in [4.78, 5) is 10.7. The summed E-state index contributed by atoms with van der Waals surface area (Å²) in [6, 6.07) is 2.98. The van der Waals surface area contributed by atoms with Crippen LogP contribution in [0.3, 0.4) is 0 Å². The van der Waals surface area contributed by atoms with Crippen molar-refractivity contribution in [3.63, 3.8) is 0 Å². The molecule has 6 heteroatoms. The van der Waals surface area contributed by atoms with Crippen LogP contribution in [0.25, 0.3) is 0 Å². The summed E-state index contributed by atoms with van der Waals surface area (Å²) in [5.74, 6) is 0.812. The molecule has 1 rings (SSSR count). The third kappa shape index (κ3) is 5.52. The van der Waals surface area contributed by atoms with E-state index in [-0.39, 0.29) is 12.3 Å². The summed E-state index contributed by atoms with van der Waals surface area (Å²) >= 11 is 0. The van der Waals surface area contributed by atoms with Gasteiger partial charge < -0.3 is 14.2 Å². The van der Waals surface area contributed by atoms with Crippen LogP contribution in [-0.4, -0.2) is 25.7 Å². The number of benzene rings is 1. The van der Waals surface area contributed by atoms with Gasteiger partial charge in [-0.3, -0.25) is 10.1 Å². The van der Waals surface area contributed by atoms with Gasteiger partial charge in [0, 0.05) is 6.61 Å². The molecule has 0 amide bonds. The highest BCUT2D eigenvalue weighted by atomic mass is 16.6. The molecular formula is C16H25NO5. The Morgan fingerprint density at radius 2 is 1.68 bits per heavy atom. The Kier molecular flexibility index (Phi) is 8.28. The molecule has 0 fully saturated rings. The van der Waals surface area contributed by atoms with Crippen molar-refractivity contribution in [2.75, 3.05) is 20.8 Å². The molecule has 22 heavy (non-hydrogen) atoms. The normalized spacial score (nSPS) is 10.5. The highest BCUT2D eigenvalue weighted by Crippen LogP contribution is 2.34. The lowest BCUT2D eigenvalue weighted by Gasteiger charge is -2.11. The lowest BCUT2D eigenvalue weighted by atomic mass is 10.1. The van der Waals surface area contributed by atoms with E-state index in [0.29, 0.717) is 23.7 Å². The molecule has 0 aliphatic rings. The van der Waals surface area contributed by atoms with Gasteiger partial charge in [-0.05, 0) is 12.5 Å². The monoisotopic (exact) mass is 311 g/mol. The minimum atomic E-state index is -0.429. The summed E-state index contributed by atoms with van der Waals surface area (Å²) in [7, 11) is 2.95. The molecule has 0 spiro atoms. The number of rotatable bonds is 11. The van der Waals surface area contributed by atoms with Crippen LogP contribution >= 0.6 is 0 Å². The number of nitrogens with zero attached hydrogens (tertiary/aromatic N) is 1. The Balaban J connectivity index is 2.62. The van der Waals surface area contributed by atoms with Crippen LogP contribution in [0.1, 0.15) is 44.6 Å². The quantitative estimate of drug-likeness (QED) is 0.349. The maximum Gasteiger partial charge on any atom is 0.278 e. The molecular weight excluding hydrogens is 286 g/mol. The molecule has 0 unspecified atom stereocenters. The van der Waals surface area contributed by atoms with Gasteiger partial charge in [0.2, 0.25) is 0 Å². The van der Waals surface area contributed by atoms with E-state index in [9.17, 15) is 10.1 Å². The summed E-state index contributed by atoms with van der Waals surface area (Å²) in [5.41, 5.74) is 0.486. The SMILES string of the molecule is CCCCCCCOCc1cc(OC)c(OC)cc1[N+](=O)[O-]. The highest BCUT2D eigenvalue weighted by Gasteiger charge is 2.19. The van der Waals surface area contributed by atoms with E-state index in [0.717, 1.165) is 12.8 Å². The summed E-state index contributed by atoms with van der Waals surface area (Å²) in [5, 5.41) is 11.2. The molecule has 6 nitrogen and oxygen atoms in total. The topological polar surface area (TPSA) is 70.8 Å². The van der Waals surface area contributed by atoms with E-state index in [2.05, 4.69) is 6.92 Å². The zero-order valence-electron chi connectivity index (χ0n) is 13.6. The van der Waals surface area contributed by atoms with Gasteiger partial charge in [-0.25, -0.2) is 0 Å². The third-order valence-corrected chi connectivity index (χ3v) is 3.43. The van der Waals surface area contributed by atoms with Gasteiger partial charge in [0.05, 0.1) is 37.4 Å². The Morgan fingerprint density at radius 1 is 1.05 bits per heavy atom. The second-order valence-electron chi connectivity index (χ2n) is 5.06. The van der Waals surface area contributed by atoms with Gasteiger partial charge in [-0.15, -0.1) is 0 Å². The van der Waals surface area contributed by atoms with Crippen molar-refractivity contribution in [2.24, 2.45) is 0 Å². The van der Waals surface area contributed by atoms with Gasteiger partial charge in [0.25, 0.3) is 5.69 Å². The Hall–Kier alpha value is -1.82.